The molecule has 0 amide bonds. The molecular weight excluding hydrogens is 182 g/mol. The Hall–Kier alpha value is -1.98. The smallest absolute Gasteiger partial charge is 0.232 e. The number of carbonyl (C=O) groups is 1. The first-order chi connectivity index (χ1) is 6.70. The number of aromatic nitrogens is 5. The molecule has 0 aliphatic carbocycles. The molecule has 0 atom stereocenters. The van der Waals surface area contributed by atoms with Crippen LogP contribution in [-0.2, 0) is 7.05 Å². The second-order valence-corrected chi connectivity index (χ2v) is 2.93. The molecule has 0 saturated heterocycles. The Balaban J connectivity index is 2.42. The van der Waals surface area contributed by atoms with E-state index in [0.717, 1.165) is 5.82 Å². The minimum Gasteiger partial charge on any atom is -0.329 e. The number of aryl methyl sites for hydroxylation is 1. The van der Waals surface area contributed by atoms with E-state index in [4.69, 9.17) is 0 Å². The zero-order valence-electron chi connectivity index (χ0n) is 7.85. The van der Waals surface area contributed by atoms with Crippen LogP contribution in [0.5, 0.6) is 0 Å². The monoisotopic (exact) mass is 191 g/mol. The van der Waals surface area contributed by atoms with Crippen LogP contribution in [0.1, 0.15) is 22.0 Å². The molecule has 2 aromatic heterocycles. The maximum atomic E-state index is 11.8. The Bertz CT molecular complexity index is 456. The van der Waals surface area contributed by atoms with Crippen molar-refractivity contribution in [3.8, 4) is 0 Å². The molecule has 0 saturated carbocycles. The van der Waals surface area contributed by atoms with Crippen LogP contribution in [0.4, 0.5) is 0 Å². The highest BCUT2D eigenvalue weighted by atomic mass is 16.1. The summed E-state index contributed by atoms with van der Waals surface area (Å²) in [5.74, 6) is 0.610. The van der Waals surface area contributed by atoms with E-state index in [9.17, 15) is 4.79 Å². The zero-order chi connectivity index (χ0) is 10.1. The fourth-order valence-corrected chi connectivity index (χ4v) is 1.16. The molecular formula is C8H9N5O. The number of hydrogen-bond donors (Lipinski definition) is 1. The van der Waals surface area contributed by atoms with Crippen LogP contribution in [0.15, 0.2) is 12.4 Å². The van der Waals surface area contributed by atoms with Gasteiger partial charge in [0.05, 0.1) is 12.4 Å². The zero-order valence-corrected chi connectivity index (χ0v) is 7.85. The Morgan fingerprint density at radius 2 is 2.29 bits per heavy atom. The Morgan fingerprint density at radius 3 is 2.79 bits per heavy atom. The van der Waals surface area contributed by atoms with E-state index in [1.54, 1.807) is 11.6 Å². The minimum atomic E-state index is -0.179. The number of rotatable bonds is 2. The van der Waals surface area contributed by atoms with Gasteiger partial charge >= 0.3 is 0 Å². The lowest BCUT2D eigenvalue weighted by atomic mass is 10.2. The first-order valence-electron chi connectivity index (χ1n) is 4.09. The summed E-state index contributed by atoms with van der Waals surface area (Å²) in [6.07, 6.45) is 2.93. The number of nitrogens with zero attached hydrogens (tertiary/aromatic N) is 4. The Labute approximate surface area is 80.0 Å². The fourth-order valence-electron chi connectivity index (χ4n) is 1.16. The normalized spacial score (nSPS) is 10.4. The van der Waals surface area contributed by atoms with Gasteiger partial charge in [-0.2, -0.15) is 15.4 Å². The number of H-pyrrole nitrogens is 1. The van der Waals surface area contributed by atoms with Crippen molar-refractivity contribution in [3.63, 3.8) is 0 Å². The van der Waals surface area contributed by atoms with Crippen LogP contribution in [0.3, 0.4) is 0 Å². The van der Waals surface area contributed by atoms with Gasteiger partial charge in [-0.25, -0.2) is 4.98 Å². The van der Waals surface area contributed by atoms with Crippen molar-refractivity contribution in [2.75, 3.05) is 0 Å². The third-order valence-electron chi connectivity index (χ3n) is 2.10. The van der Waals surface area contributed by atoms with E-state index < -0.39 is 0 Å². The number of aromatic amines is 1. The highest BCUT2D eigenvalue weighted by Crippen LogP contribution is 2.06. The van der Waals surface area contributed by atoms with Gasteiger partial charge in [-0.15, -0.1) is 0 Å². The van der Waals surface area contributed by atoms with Crippen LogP contribution in [0.25, 0.3) is 0 Å². The maximum absolute atomic E-state index is 11.8. The van der Waals surface area contributed by atoms with Gasteiger partial charge in [0, 0.05) is 7.05 Å². The molecule has 6 nitrogen and oxygen atoms in total. The number of carbonyl (C=O) groups excluding carboxylic acids is 1. The molecule has 72 valence electrons. The molecule has 0 aliphatic rings. The Kier molecular flexibility index (Phi) is 1.88. The summed E-state index contributed by atoms with van der Waals surface area (Å²) in [5.41, 5.74) is 0.810. The topological polar surface area (TPSA) is 76.5 Å². The number of ketones is 1. The summed E-state index contributed by atoms with van der Waals surface area (Å²) >= 11 is 0. The molecule has 0 unspecified atom stereocenters. The van der Waals surface area contributed by atoms with Crippen molar-refractivity contribution in [2.24, 2.45) is 7.05 Å². The largest absolute Gasteiger partial charge is 0.329 e. The first kappa shape index (κ1) is 8.61. The van der Waals surface area contributed by atoms with Crippen molar-refractivity contribution in [3.05, 3.63) is 29.6 Å². The molecule has 0 aromatic carbocycles. The summed E-state index contributed by atoms with van der Waals surface area (Å²) in [6.45, 7) is 1.83. The molecule has 0 aliphatic heterocycles. The van der Waals surface area contributed by atoms with E-state index in [2.05, 4.69) is 20.4 Å². The van der Waals surface area contributed by atoms with Gasteiger partial charge < -0.3 is 4.57 Å². The number of hydrogen-bond acceptors (Lipinski definition) is 4. The van der Waals surface area contributed by atoms with Crippen molar-refractivity contribution in [1.82, 2.24) is 25.0 Å². The van der Waals surface area contributed by atoms with E-state index >= 15 is 0 Å². The lowest BCUT2D eigenvalue weighted by Crippen LogP contribution is -2.08. The summed E-state index contributed by atoms with van der Waals surface area (Å²) in [7, 11) is 1.79. The molecule has 6 heteroatoms. The second-order valence-electron chi connectivity index (χ2n) is 2.93. The van der Waals surface area contributed by atoms with Gasteiger partial charge in [-0.3, -0.25) is 4.79 Å². The van der Waals surface area contributed by atoms with E-state index in [1.165, 1.54) is 12.4 Å². The third kappa shape index (κ3) is 1.20. The summed E-state index contributed by atoms with van der Waals surface area (Å²) in [6, 6.07) is 0. The third-order valence-corrected chi connectivity index (χ3v) is 2.10. The highest BCUT2D eigenvalue weighted by Gasteiger charge is 2.16. The fraction of sp³-hybridized carbons (Fsp3) is 0.250. The summed E-state index contributed by atoms with van der Waals surface area (Å²) in [4.78, 5) is 15.8. The average Bonchev–Trinajstić information content (AvgIpc) is 2.77. The molecule has 0 fully saturated rings. The van der Waals surface area contributed by atoms with E-state index in [-0.39, 0.29) is 5.78 Å². The van der Waals surface area contributed by atoms with Gasteiger partial charge in [0.25, 0.3) is 0 Å². The van der Waals surface area contributed by atoms with Crippen molar-refractivity contribution >= 4 is 5.78 Å². The lowest BCUT2D eigenvalue weighted by Gasteiger charge is -1.99. The van der Waals surface area contributed by atoms with E-state index in [0.29, 0.717) is 11.4 Å². The molecule has 2 heterocycles. The quantitative estimate of drug-likeness (QED) is 0.682. The SMILES string of the molecule is Cc1ncc(C(=O)c2cn[nH]n2)n1C. The predicted molar refractivity (Wildman–Crippen MR) is 47.8 cm³/mol. The van der Waals surface area contributed by atoms with Crippen molar-refractivity contribution < 1.29 is 4.79 Å². The summed E-state index contributed by atoms with van der Waals surface area (Å²) in [5, 5.41) is 9.69. The minimum absolute atomic E-state index is 0.179. The molecule has 0 bridgehead atoms. The average molecular weight is 191 g/mol. The molecule has 2 rings (SSSR count). The molecule has 0 radical (unpaired) electrons. The van der Waals surface area contributed by atoms with Gasteiger partial charge in [-0.1, -0.05) is 0 Å². The van der Waals surface area contributed by atoms with Gasteiger partial charge in [-0.05, 0) is 6.92 Å². The summed E-state index contributed by atoms with van der Waals surface area (Å²) < 4.78 is 1.72. The van der Waals surface area contributed by atoms with E-state index in [1.807, 2.05) is 6.92 Å². The van der Waals surface area contributed by atoms with Gasteiger partial charge in [0.1, 0.15) is 11.5 Å². The van der Waals surface area contributed by atoms with Crippen LogP contribution in [0.2, 0.25) is 0 Å². The molecule has 14 heavy (non-hydrogen) atoms. The van der Waals surface area contributed by atoms with Crippen LogP contribution in [0, 0.1) is 6.92 Å². The van der Waals surface area contributed by atoms with Gasteiger partial charge in [0.2, 0.25) is 5.78 Å². The number of nitrogens with one attached hydrogen (secondary N) is 1. The second kappa shape index (κ2) is 3.06. The van der Waals surface area contributed by atoms with Crippen LogP contribution >= 0.6 is 0 Å². The van der Waals surface area contributed by atoms with Crippen LogP contribution < -0.4 is 0 Å². The lowest BCUT2D eigenvalue weighted by molar-refractivity contribution is 0.102. The van der Waals surface area contributed by atoms with Crippen molar-refractivity contribution in [2.45, 2.75) is 6.92 Å². The molecule has 2 aromatic rings. The Morgan fingerprint density at radius 1 is 1.50 bits per heavy atom. The van der Waals surface area contributed by atoms with Gasteiger partial charge in [0.15, 0.2) is 5.69 Å². The standard InChI is InChI=1S/C8H9N5O/c1-5-9-4-7(13(5)2)8(14)6-3-10-12-11-6/h3-4H,1-2H3,(H,10,11,12). The van der Waals surface area contributed by atoms with Crippen LogP contribution in [-0.4, -0.2) is 30.7 Å². The highest BCUT2D eigenvalue weighted by molar-refractivity contribution is 6.06. The first-order valence-corrected chi connectivity index (χ1v) is 4.09. The molecule has 1 N–H and O–H groups in total. The predicted octanol–water partition coefficient (Wildman–Crippen LogP) is 0.0776. The van der Waals surface area contributed by atoms with Crippen molar-refractivity contribution in [1.29, 1.82) is 0 Å². The number of imidazole rings is 1. The maximum Gasteiger partial charge on any atom is 0.232 e. The molecule has 0 spiro atoms.